The molecule has 0 aliphatic heterocycles. The molecule has 0 aliphatic carbocycles. The molecule has 0 radical (unpaired) electrons. The highest BCUT2D eigenvalue weighted by atomic mass is 28.4. The summed E-state index contributed by atoms with van der Waals surface area (Å²) in [4.78, 5) is 53.9. The first-order chi connectivity index (χ1) is 25.9. The van der Waals surface area contributed by atoms with Gasteiger partial charge in [0.25, 0.3) is 11.5 Å². The van der Waals surface area contributed by atoms with E-state index in [1.54, 1.807) is 87.6 Å². The molecule has 0 saturated carbocycles. The summed E-state index contributed by atoms with van der Waals surface area (Å²) in [6.45, 7) is 12.0. The Morgan fingerprint density at radius 3 is 1.95 bits per heavy atom. The molecule has 2 atom stereocenters. The Morgan fingerprint density at radius 2 is 1.38 bits per heavy atom. The Morgan fingerprint density at radius 1 is 0.818 bits per heavy atom. The van der Waals surface area contributed by atoms with Crippen molar-refractivity contribution in [3.8, 4) is 11.3 Å². The van der Waals surface area contributed by atoms with Crippen molar-refractivity contribution in [2.75, 3.05) is 11.9 Å². The highest BCUT2D eigenvalue weighted by molar-refractivity contribution is 6.74. The summed E-state index contributed by atoms with van der Waals surface area (Å²) in [5.41, 5.74) is 1.71. The van der Waals surface area contributed by atoms with Gasteiger partial charge in [-0.15, -0.1) is 0 Å². The lowest BCUT2D eigenvalue weighted by atomic mass is 9.93. The van der Waals surface area contributed by atoms with Crippen molar-refractivity contribution in [1.82, 2.24) is 15.2 Å². The van der Waals surface area contributed by atoms with E-state index in [2.05, 4.69) is 16.0 Å². The minimum atomic E-state index is -4.05. The first-order valence-electron chi connectivity index (χ1n) is 18.3. The summed E-state index contributed by atoms with van der Waals surface area (Å²) >= 11 is 0. The molecule has 4 aromatic rings. The van der Waals surface area contributed by atoms with Crippen molar-refractivity contribution in [2.45, 2.75) is 90.4 Å². The van der Waals surface area contributed by atoms with Crippen LogP contribution in [-0.2, 0) is 38.3 Å². The van der Waals surface area contributed by atoms with E-state index in [1.165, 1.54) is 6.07 Å². The van der Waals surface area contributed by atoms with Crippen LogP contribution in [0.2, 0.25) is 18.1 Å². The van der Waals surface area contributed by atoms with E-state index in [0.29, 0.717) is 17.7 Å². The number of nitrogens with one attached hydrogen (secondary N) is 3. The van der Waals surface area contributed by atoms with Crippen LogP contribution in [0, 0.1) is 5.92 Å². The van der Waals surface area contributed by atoms with Gasteiger partial charge in [0.15, 0.2) is 8.32 Å². The number of halogens is 2. The lowest BCUT2D eigenvalue weighted by molar-refractivity contribution is -0.167. The average molecular weight is 775 g/mol. The zero-order valence-electron chi connectivity index (χ0n) is 32.5. The third-order valence-corrected chi connectivity index (χ3v) is 14.3. The zero-order chi connectivity index (χ0) is 40.4. The van der Waals surface area contributed by atoms with Gasteiger partial charge >= 0.3 is 12.0 Å². The quantitative estimate of drug-likeness (QED) is 0.0999. The summed E-state index contributed by atoms with van der Waals surface area (Å²) in [6, 6.07) is 28.7. The second-order valence-corrected chi connectivity index (χ2v) is 20.1. The molecule has 0 fully saturated rings. The molecule has 0 spiro atoms. The zero-order valence-corrected chi connectivity index (χ0v) is 33.5. The summed E-state index contributed by atoms with van der Waals surface area (Å²) in [7, 11) is -2.97. The SMILES string of the molecule is CC(C)C(NC(=O)Cn1c(-c2ccccc2)ccc(NC(=O)OCc2ccccc2)c1=O)C(O[Si](C)(C)C(C)(C)C)C(F)(F)C(=O)NCCc1ccccc1. The number of hydrogen-bond acceptors (Lipinski definition) is 6. The summed E-state index contributed by atoms with van der Waals surface area (Å²) in [5, 5.41) is 7.05. The molecule has 0 aliphatic rings. The first-order valence-corrected chi connectivity index (χ1v) is 21.3. The molecule has 1 aromatic heterocycles. The van der Waals surface area contributed by atoms with E-state index in [4.69, 9.17) is 9.16 Å². The molecule has 2 unspecified atom stereocenters. The van der Waals surface area contributed by atoms with Crippen molar-refractivity contribution in [3.05, 3.63) is 125 Å². The maximum Gasteiger partial charge on any atom is 0.412 e. The van der Waals surface area contributed by atoms with Gasteiger partial charge in [0.2, 0.25) is 5.91 Å². The Bertz CT molecular complexity index is 1950. The molecular formula is C42H52F2N4O6Si. The number of amides is 3. The first kappa shape index (κ1) is 42.6. The second-order valence-electron chi connectivity index (χ2n) is 15.3. The summed E-state index contributed by atoms with van der Waals surface area (Å²) in [6.07, 6.45) is -2.57. The predicted molar refractivity (Wildman–Crippen MR) is 213 cm³/mol. The number of alkyl halides is 2. The molecule has 3 aromatic carbocycles. The molecule has 13 heteroatoms. The number of benzene rings is 3. The molecule has 294 valence electrons. The number of ether oxygens (including phenoxy) is 1. The number of carbonyl (C=O) groups excluding carboxylic acids is 3. The van der Waals surface area contributed by atoms with Gasteiger partial charge in [0, 0.05) is 6.54 Å². The number of carbonyl (C=O) groups is 3. The van der Waals surface area contributed by atoms with Crippen LogP contribution in [0.4, 0.5) is 19.3 Å². The van der Waals surface area contributed by atoms with Crippen molar-refractivity contribution < 1.29 is 32.3 Å². The third kappa shape index (κ3) is 11.4. The summed E-state index contributed by atoms with van der Waals surface area (Å²) < 4.78 is 45.9. The van der Waals surface area contributed by atoms with Crippen LogP contribution in [0.25, 0.3) is 11.3 Å². The van der Waals surface area contributed by atoms with Gasteiger partial charge in [0.1, 0.15) is 24.9 Å². The van der Waals surface area contributed by atoms with Crippen molar-refractivity contribution in [3.63, 3.8) is 0 Å². The number of anilines is 1. The molecule has 0 bridgehead atoms. The topological polar surface area (TPSA) is 128 Å². The van der Waals surface area contributed by atoms with E-state index in [-0.39, 0.29) is 18.8 Å². The van der Waals surface area contributed by atoms with Gasteiger partial charge in [0.05, 0.1) is 11.7 Å². The Hall–Kier alpha value is -5.14. The lowest BCUT2D eigenvalue weighted by Crippen LogP contribution is -2.63. The Balaban J connectivity index is 1.63. The number of pyridine rings is 1. The minimum Gasteiger partial charge on any atom is -0.444 e. The van der Waals surface area contributed by atoms with E-state index in [9.17, 15) is 19.2 Å². The number of aromatic nitrogens is 1. The fourth-order valence-corrected chi connectivity index (χ4v) is 6.89. The van der Waals surface area contributed by atoms with Crippen LogP contribution in [0.5, 0.6) is 0 Å². The van der Waals surface area contributed by atoms with Gasteiger partial charge in [-0.25, -0.2) is 4.79 Å². The van der Waals surface area contributed by atoms with Gasteiger partial charge < -0.3 is 19.8 Å². The smallest absolute Gasteiger partial charge is 0.412 e. The van der Waals surface area contributed by atoms with Crippen molar-refractivity contribution in [1.29, 1.82) is 0 Å². The maximum absolute atomic E-state index is 16.5. The molecule has 1 heterocycles. The molecular weight excluding hydrogens is 723 g/mol. The number of rotatable bonds is 16. The van der Waals surface area contributed by atoms with E-state index in [0.717, 1.165) is 15.7 Å². The van der Waals surface area contributed by atoms with Gasteiger partial charge in [-0.3, -0.25) is 24.3 Å². The Kier molecular flexibility index (Phi) is 14.3. The molecule has 0 saturated heterocycles. The highest BCUT2D eigenvalue weighted by Gasteiger charge is 2.56. The molecule has 3 amide bonds. The molecule has 55 heavy (non-hydrogen) atoms. The number of hydrogen-bond donors (Lipinski definition) is 3. The third-order valence-electron chi connectivity index (χ3n) is 9.80. The van der Waals surface area contributed by atoms with Crippen LogP contribution in [0.1, 0.15) is 45.7 Å². The average Bonchev–Trinajstić information content (AvgIpc) is 3.14. The van der Waals surface area contributed by atoms with Gasteiger partial charge in [-0.1, -0.05) is 126 Å². The lowest BCUT2D eigenvalue weighted by Gasteiger charge is -2.44. The summed E-state index contributed by atoms with van der Waals surface area (Å²) in [5.74, 6) is -6.96. The van der Waals surface area contributed by atoms with Gasteiger partial charge in [-0.05, 0) is 59.3 Å². The standard InChI is InChI=1S/C42H52F2N4O6Si/c1-29(2)36(37(54-55(6,7)41(3,4)5)42(43,44)39(51)45-26-25-30-17-11-8-12-18-30)47-35(49)27-48-34(32-21-15-10-16-22-32)24-23-33(38(48)50)46-40(52)53-28-31-19-13-9-14-20-31/h8-24,29,36-37H,25-28H2,1-7H3,(H,45,51)(H,46,52)(H,47,49). The van der Waals surface area contributed by atoms with Crippen molar-refractivity contribution in [2.24, 2.45) is 5.92 Å². The molecule has 10 nitrogen and oxygen atoms in total. The fraction of sp³-hybridized carbons (Fsp3) is 0.381. The monoisotopic (exact) mass is 774 g/mol. The van der Waals surface area contributed by atoms with Crippen LogP contribution in [0.15, 0.2) is 108 Å². The van der Waals surface area contributed by atoms with Crippen LogP contribution in [0.3, 0.4) is 0 Å². The second kappa shape index (κ2) is 18.5. The van der Waals surface area contributed by atoms with Crippen LogP contribution in [-0.4, -0.2) is 55.4 Å². The normalized spacial score (nSPS) is 13.1. The van der Waals surface area contributed by atoms with Gasteiger partial charge in [-0.2, -0.15) is 8.78 Å². The highest BCUT2D eigenvalue weighted by Crippen LogP contribution is 2.41. The van der Waals surface area contributed by atoms with Crippen LogP contribution >= 0.6 is 0 Å². The van der Waals surface area contributed by atoms with E-state index in [1.807, 2.05) is 57.2 Å². The largest absolute Gasteiger partial charge is 0.444 e. The van der Waals surface area contributed by atoms with Crippen LogP contribution < -0.4 is 21.5 Å². The fourth-order valence-electron chi connectivity index (χ4n) is 5.61. The van der Waals surface area contributed by atoms with E-state index >= 15 is 8.78 Å². The maximum atomic E-state index is 16.5. The molecule has 3 N–H and O–H groups in total. The molecule has 4 rings (SSSR count). The van der Waals surface area contributed by atoms with E-state index < -0.39 is 67.4 Å². The minimum absolute atomic E-state index is 0.0285. The van der Waals surface area contributed by atoms with Crippen molar-refractivity contribution >= 4 is 31.9 Å². The Labute approximate surface area is 322 Å². The predicted octanol–water partition coefficient (Wildman–Crippen LogP) is 7.79. The number of nitrogens with zero attached hydrogens (tertiary/aromatic N) is 1.